The molecule has 0 saturated heterocycles. The van der Waals surface area contributed by atoms with Gasteiger partial charge >= 0.3 is 0 Å². The van der Waals surface area contributed by atoms with E-state index in [0.29, 0.717) is 0 Å². The van der Waals surface area contributed by atoms with Gasteiger partial charge in [0.05, 0.1) is 0 Å². The third-order valence-electron chi connectivity index (χ3n) is 4.35. The maximum Gasteiger partial charge on any atom is 0.0351 e. The Bertz CT molecular complexity index is 810. The second-order valence-corrected chi connectivity index (χ2v) is 7.43. The largest absolute Gasteiger partial charge is 0.309 e. The van der Waals surface area contributed by atoms with Crippen LogP contribution in [-0.4, -0.2) is 9.29 Å². The highest BCUT2D eigenvalue weighted by molar-refractivity contribution is 7.97. The lowest BCUT2D eigenvalue weighted by atomic mass is 10.1. The Kier molecular flexibility index (Phi) is 5.11. The molecule has 3 nitrogen and oxygen atoms in total. The van der Waals surface area contributed by atoms with Gasteiger partial charge in [0.1, 0.15) is 0 Å². The van der Waals surface area contributed by atoms with Gasteiger partial charge in [0.25, 0.3) is 0 Å². The van der Waals surface area contributed by atoms with Crippen LogP contribution < -0.4 is 5.32 Å². The second-order valence-electron chi connectivity index (χ2n) is 6.26. The molecule has 126 valence electrons. The molecular weight excluding hydrogens is 326 g/mol. The fraction of sp³-hybridized carbons (Fsp3) is 0.190. The molecule has 3 aromatic rings. The number of nitrogens with one attached hydrogen (secondary N) is 1. The third kappa shape index (κ3) is 4.28. The first-order valence-electron chi connectivity index (χ1n) is 8.55. The summed E-state index contributed by atoms with van der Waals surface area (Å²) in [7, 11) is 0. The molecule has 0 radical (unpaired) electrons. The average molecular weight is 347 g/mol. The highest BCUT2D eigenvalue weighted by Crippen LogP contribution is 2.32. The van der Waals surface area contributed by atoms with Crippen molar-refractivity contribution >= 4 is 11.9 Å². The van der Waals surface area contributed by atoms with Gasteiger partial charge in [-0.3, -0.25) is 4.98 Å². The topological polar surface area (TPSA) is 28.2 Å². The normalized spacial score (nSPS) is 13.8. The quantitative estimate of drug-likeness (QED) is 0.669. The van der Waals surface area contributed by atoms with Crippen molar-refractivity contribution in [2.24, 2.45) is 0 Å². The Morgan fingerprint density at radius 2 is 1.56 bits per heavy atom. The van der Waals surface area contributed by atoms with Crippen LogP contribution in [0.15, 0.2) is 78.0 Å². The number of hydrogen-bond donors (Lipinski definition) is 1. The molecule has 1 aromatic heterocycles. The van der Waals surface area contributed by atoms with Gasteiger partial charge in [0, 0.05) is 43.5 Å². The summed E-state index contributed by atoms with van der Waals surface area (Å²) in [6.07, 6.45) is 3.67. The van der Waals surface area contributed by atoms with Gasteiger partial charge in [-0.25, -0.2) is 4.31 Å². The van der Waals surface area contributed by atoms with Gasteiger partial charge < -0.3 is 5.32 Å². The predicted molar refractivity (Wildman–Crippen MR) is 103 cm³/mol. The summed E-state index contributed by atoms with van der Waals surface area (Å²) in [6, 6.07) is 21.6. The molecule has 1 aliphatic heterocycles. The van der Waals surface area contributed by atoms with Crippen LogP contribution in [-0.2, 0) is 26.2 Å². The lowest BCUT2D eigenvalue weighted by Gasteiger charge is -2.14. The van der Waals surface area contributed by atoms with Crippen molar-refractivity contribution in [2.45, 2.75) is 31.1 Å². The van der Waals surface area contributed by atoms with E-state index in [1.165, 1.54) is 27.1 Å². The summed E-state index contributed by atoms with van der Waals surface area (Å²) < 4.78 is 2.42. The molecule has 2 aromatic carbocycles. The molecule has 0 bridgehead atoms. The Balaban J connectivity index is 1.32. The molecule has 0 aliphatic carbocycles. The highest BCUT2D eigenvalue weighted by atomic mass is 32.2. The molecule has 25 heavy (non-hydrogen) atoms. The maximum absolute atomic E-state index is 4.05. The first-order valence-corrected chi connectivity index (χ1v) is 9.32. The molecule has 0 saturated carbocycles. The lowest BCUT2D eigenvalue weighted by molar-refractivity contribution is 0.509. The van der Waals surface area contributed by atoms with Crippen LogP contribution in [0.2, 0.25) is 0 Å². The Hall–Kier alpha value is -2.14. The third-order valence-corrected chi connectivity index (χ3v) is 5.33. The van der Waals surface area contributed by atoms with E-state index in [0.717, 1.165) is 26.2 Å². The average Bonchev–Trinajstić information content (AvgIpc) is 3.05. The summed E-state index contributed by atoms with van der Waals surface area (Å²) in [5.41, 5.74) is 5.47. The van der Waals surface area contributed by atoms with Gasteiger partial charge in [-0.15, -0.1) is 0 Å². The zero-order valence-electron chi connectivity index (χ0n) is 14.1. The van der Waals surface area contributed by atoms with Crippen molar-refractivity contribution in [3.8, 4) is 0 Å². The van der Waals surface area contributed by atoms with E-state index in [1.54, 1.807) is 0 Å². The first kappa shape index (κ1) is 16.3. The van der Waals surface area contributed by atoms with Crippen LogP contribution in [0.4, 0.5) is 0 Å². The number of fused-ring (bicyclic) bond motifs is 1. The summed E-state index contributed by atoms with van der Waals surface area (Å²) in [5.74, 6) is 0. The predicted octanol–water partition coefficient (Wildman–Crippen LogP) is 4.39. The number of benzene rings is 2. The van der Waals surface area contributed by atoms with E-state index in [-0.39, 0.29) is 0 Å². The molecule has 0 amide bonds. The van der Waals surface area contributed by atoms with E-state index in [4.69, 9.17) is 0 Å². The van der Waals surface area contributed by atoms with Crippen LogP contribution in [0.5, 0.6) is 0 Å². The standard InChI is InChI=1S/C21H21N3S/c1-2-6-20-16-24(15-19(20)5-1)25-21-7-3-4-18(12-21)14-23-13-17-8-10-22-11-9-17/h1-12,23H,13-16H2. The van der Waals surface area contributed by atoms with E-state index in [2.05, 4.69) is 63.1 Å². The van der Waals surface area contributed by atoms with Crippen molar-refractivity contribution in [3.05, 3.63) is 95.3 Å². The minimum Gasteiger partial charge on any atom is -0.309 e. The zero-order valence-corrected chi connectivity index (χ0v) is 14.9. The Morgan fingerprint density at radius 3 is 2.32 bits per heavy atom. The SMILES string of the molecule is c1cc(CNCc2ccncc2)cc(SN2Cc3ccccc3C2)c1. The highest BCUT2D eigenvalue weighted by Gasteiger charge is 2.19. The van der Waals surface area contributed by atoms with Crippen molar-refractivity contribution in [1.29, 1.82) is 0 Å². The molecule has 4 heteroatoms. The maximum atomic E-state index is 4.05. The molecule has 1 N–H and O–H groups in total. The van der Waals surface area contributed by atoms with Gasteiger partial charge in [0.2, 0.25) is 0 Å². The smallest absolute Gasteiger partial charge is 0.0351 e. The minimum atomic E-state index is 0.862. The fourth-order valence-corrected chi connectivity index (χ4v) is 4.13. The number of pyridine rings is 1. The van der Waals surface area contributed by atoms with E-state index < -0.39 is 0 Å². The molecule has 0 atom stereocenters. The van der Waals surface area contributed by atoms with Gasteiger partial charge in [-0.05, 0) is 58.5 Å². The van der Waals surface area contributed by atoms with Crippen LogP contribution in [0.1, 0.15) is 22.3 Å². The fourth-order valence-electron chi connectivity index (χ4n) is 3.08. The monoisotopic (exact) mass is 347 g/mol. The van der Waals surface area contributed by atoms with E-state index >= 15 is 0 Å². The van der Waals surface area contributed by atoms with Crippen LogP contribution >= 0.6 is 11.9 Å². The minimum absolute atomic E-state index is 0.862. The summed E-state index contributed by atoms with van der Waals surface area (Å²) in [4.78, 5) is 5.35. The molecule has 4 rings (SSSR count). The summed E-state index contributed by atoms with van der Waals surface area (Å²) in [6.45, 7) is 3.77. The molecule has 0 spiro atoms. The number of rotatable bonds is 6. The molecule has 2 heterocycles. The Morgan fingerprint density at radius 1 is 0.840 bits per heavy atom. The molecule has 0 fully saturated rings. The van der Waals surface area contributed by atoms with Gasteiger partial charge in [-0.1, -0.05) is 36.4 Å². The number of hydrogen-bond acceptors (Lipinski definition) is 4. The van der Waals surface area contributed by atoms with E-state index in [1.807, 2.05) is 36.5 Å². The first-order chi connectivity index (χ1) is 12.4. The Labute approximate surface area is 153 Å². The van der Waals surface area contributed by atoms with Gasteiger partial charge in [-0.2, -0.15) is 0 Å². The van der Waals surface area contributed by atoms with Crippen LogP contribution in [0.3, 0.4) is 0 Å². The molecular formula is C21H21N3S. The van der Waals surface area contributed by atoms with Crippen molar-refractivity contribution < 1.29 is 0 Å². The van der Waals surface area contributed by atoms with E-state index in [9.17, 15) is 0 Å². The zero-order chi connectivity index (χ0) is 16.9. The lowest BCUT2D eigenvalue weighted by Crippen LogP contribution is -2.12. The summed E-state index contributed by atoms with van der Waals surface area (Å²) in [5, 5.41) is 3.50. The summed E-state index contributed by atoms with van der Waals surface area (Å²) >= 11 is 1.85. The number of aromatic nitrogens is 1. The van der Waals surface area contributed by atoms with Crippen molar-refractivity contribution in [3.63, 3.8) is 0 Å². The second kappa shape index (κ2) is 7.83. The molecule has 1 aliphatic rings. The van der Waals surface area contributed by atoms with Crippen LogP contribution in [0.25, 0.3) is 0 Å². The molecule has 0 unspecified atom stereocenters. The van der Waals surface area contributed by atoms with Crippen LogP contribution in [0, 0.1) is 0 Å². The van der Waals surface area contributed by atoms with Crippen molar-refractivity contribution in [2.75, 3.05) is 0 Å². The van der Waals surface area contributed by atoms with Gasteiger partial charge in [0.15, 0.2) is 0 Å². The van der Waals surface area contributed by atoms with Crippen molar-refractivity contribution in [1.82, 2.24) is 14.6 Å². The number of nitrogens with zero attached hydrogens (tertiary/aromatic N) is 2.